The Balaban J connectivity index is 1.55. The van der Waals surface area contributed by atoms with Crippen molar-refractivity contribution >= 4 is 5.78 Å². The van der Waals surface area contributed by atoms with Crippen LogP contribution in [0.4, 0.5) is 0 Å². The van der Waals surface area contributed by atoms with Gasteiger partial charge in [-0.05, 0) is 92.3 Å². The van der Waals surface area contributed by atoms with Crippen molar-refractivity contribution in [3.63, 3.8) is 0 Å². The number of aliphatic hydroxyl groups is 1. The van der Waals surface area contributed by atoms with Crippen LogP contribution in [0.3, 0.4) is 0 Å². The summed E-state index contributed by atoms with van der Waals surface area (Å²) in [5.74, 6) is 5.77. The molecule has 0 aliphatic heterocycles. The van der Waals surface area contributed by atoms with E-state index in [1.807, 2.05) is 0 Å². The van der Waals surface area contributed by atoms with E-state index in [1.54, 1.807) is 0 Å². The number of hydrogen-bond donors (Lipinski definition) is 1. The third-order valence-corrected chi connectivity index (χ3v) is 8.76. The SMILES string of the molecule is CC1CCC2C(CCC3C2CCC2(C)C(C(=O)CO)CCC32)C1. The molecule has 0 aromatic heterocycles. The quantitative estimate of drug-likeness (QED) is 0.816. The van der Waals surface area contributed by atoms with E-state index in [1.165, 1.54) is 51.4 Å². The standard InChI is InChI=1S/C21H34O2/c1-13-3-5-15-14(11-13)4-6-17-16(15)9-10-21(2)18(17)7-8-19(21)20(23)12-22/h13-19,22H,3-12H2,1-2H3. The number of carbonyl (C=O) groups excluding carboxylic acids is 1. The maximum absolute atomic E-state index is 12.2. The third-order valence-electron chi connectivity index (χ3n) is 8.76. The molecule has 0 saturated heterocycles. The number of carbonyl (C=O) groups is 1. The lowest BCUT2D eigenvalue weighted by Crippen LogP contribution is -2.49. The van der Waals surface area contributed by atoms with Crippen LogP contribution in [0.1, 0.15) is 71.6 Å². The summed E-state index contributed by atoms with van der Waals surface area (Å²) in [7, 11) is 0. The first kappa shape index (κ1) is 16.1. The van der Waals surface area contributed by atoms with Gasteiger partial charge in [-0.2, -0.15) is 0 Å². The van der Waals surface area contributed by atoms with Gasteiger partial charge in [0.15, 0.2) is 5.78 Å². The molecule has 2 nitrogen and oxygen atoms in total. The number of rotatable bonds is 2. The molecule has 8 atom stereocenters. The van der Waals surface area contributed by atoms with Crippen LogP contribution in [-0.4, -0.2) is 17.5 Å². The molecule has 0 bridgehead atoms. The number of aliphatic hydroxyl groups excluding tert-OH is 1. The lowest BCUT2D eigenvalue weighted by molar-refractivity contribution is -0.133. The Morgan fingerprint density at radius 2 is 1.78 bits per heavy atom. The molecule has 4 rings (SSSR count). The number of Topliss-reactive ketones (excluding diaryl/α,β-unsaturated/α-hetero) is 1. The Bertz CT molecular complexity index is 472. The van der Waals surface area contributed by atoms with Gasteiger partial charge < -0.3 is 5.11 Å². The Kier molecular flexibility index (Phi) is 4.11. The topological polar surface area (TPSA) is 37.3 Å². The first-order valence-electron chi connectivity index (χ1n) is 10.2. The highest BCUT2D eigenvalue weighted by atomic mass is 16.3. The second kappa shape index (κ2) is 5.86. The van der Waals surface area contributed by atoms with E-state index in [0.29, 0.717) is 0 Å². The van der Waals surface area contributed by atoms with Crippen molar-refractivity contribution < 1.29 is 9.90 Å². The summed E-state index contributed by atoms with van der Waals surface area (Å²) in [6.45, 7) is 4.58. The van der Waals surface area contributed by atoms with Crippen LogP contribution < -0.4 is 0 Å². The molecular formula is C21H34O2. The Labute approximate surface area is 141 Å². The van der Waals surface area contributed by atoms with Gasteiger partial charge in [0.1, 0.15) is 6.61 Å². The summed E-state index contributed by atoms with van der Waals surface area (Å²) in [5.41, 5.74) is 0.190. The molecule has 8 unspecified atom stereocenters. The van der Waals surface area contributed by atoms with Gasteiger partial charge >= 0.3 is 0 Å². The van der Waals surface area contributed by atoms with Gasteiger partial charge in [0.25, 0.3) is 0 Å². The van der Waals surface area contributed by atoms with E-state index in [9.17, 15) is 9.90 Å². The summed E-state index contributed by atoms with van der Waals surface area (Å²) in [6.07, 6.45) is 12.1. The molecular weight excluding hydrogens is 284 g/mol. The Morgan fingerprint density at radius 1 is 1.00 bits per heavy atom. The first-order valence-corrected chi connectivity index (χ1v) is 10.2. The minimum Gasteiger partial charge on any atom is -0.389 e. The van der Waals surface area contributed by atoms with Crippen molar-refractivity contribution in [1.29, 1.82) is 0 Å². The van der Waals surface area contributed by atoms with Crippen molar-refractivity contribution in [3.05, 3.63) is 0 Å². The minimum atomic E-state index is -0.246. The molecule has 0 radical (unpaired) electrons. The zero-order chi connectivity index (χ0) is 16.2. The molecule has 130 valence electrons. The lowest BCUT2D eigenvalue weighted by Gasteiger charge is -2.56. The zero-order valence-corrected chi connectivity index (χ0v) is 15.0. The van der Waals surface area contributed by atoms with E-state index in [0.717, 1.165) is 41.9 Å². The fraction of sp³-hybridized carbons (Fsp3) is 0.952. The van der Waals surface area contributed by atoms with Crippen LogP contribution in [0.15, 0.2) is 0 Å². The third kappa shape index (κ3) is 2.42. The number of fused-ring (bicyclic) bond motifs is 5. The van der Waals surface area contributed by atoms with Crippen LogP contribution in [-0.2, 0) is 4.79 Å². The van der Waals surface area contributed by atoms with Crippen molar-refractivity contribution in [2.45, 2.75) is 71.6 Å². The molecule has 4 aliphatic rings. The molecule has 0 spiro atoms. The van der Waals surface area contributed by atoms with E-state index in [2.05, 4.69) is 13.8 Å². The average molecular weight is 319 g/mol. The van der Waals surface area contributed by atoms with Gasteiger partial charge in [-0.3, -0.25) is 4.79 Å². The van der Waals surface area contributed by atoms with Crippen molar-refractivity contribution in [2.75, 3.05) is 6.61 Å². The van der Waals surface area contributed by atoms with E-state index in [-0.39, 0.29) is 23.7 Å². The highest BCUT2D eigenvalue weighted by Crippen LogP contribution is 2.64. The summed E-state index contributed by atoms with van der Waals surface area (Å²) >= 11 is 0. The predicted octanol–water partition coefficient (Wildman–Crippen LogP) is 4.45. The van der Waals surface area contributed by atoms with E-state index >= 15 is 0 Å². The number of hydrogen-bond acceptors (Lipinski definition) is 2. The first-order chi connectivity index (χ1) is 11.0. The maximum Gasteiger partial charge on any atom is 0.161 e. The van der Waals surface area contributed by atoms with Gasteiger partial charge in [-0.1, -0.05) is 20.3 Å². The highest BCUT2D eigenvalue weighted by molar-refractivity contribution is 5.83. The molecule has 4 saturated carbocycles. The largest absolute Gasteiger partial charge is 0.389 e. The normalized spacial score (nSPS) is 52.4. The Hall–Kier alpha value is -0.370. The molecule has 0 amide bonds. The van der Waals surface area contributed by atoms with Crippen molar-refractivity contribution in [1.82, 2.24) is 0 Å². The lowest BCUT2D eigenvalue weighted by atomic mass is 9.49. The number of ketones is 1. The summed E-state index contributed by atoms with van der Waals surface area (Å²) in [5, 5.41) is 9.36. The maximum atomic E-state index is 12.2. The molecule has 23 heavy (non-hydrogen) atoms. The minimum absolute atomic E-state index is 0.119. The summed E-state index contributed by atoms with van der Waals surface area (Å²) in [4.78, 5) is 12.2. The summed E-state index contributed by atoms with van der Waals surface area (Å²) in [6, 6.07) is 0. The van der Waals surface area contributed by atoms with Crippen LogP contribution in [0, 0.1) is 46.8 Å². The molecule has 0 aromatic rings. The fourth-order valence-corrected chi connectivity index (χ4v) is 7.73. The van der Waals surface area contributed by atoms with Crippen LogP contribution in [0.5, 0.6) is 0 Å². The van der Waals surface area contributed by atoms with E-state index < -0.39 is 0 Å². The van der Waals surface area contributed by atoms with Crippen molar-refractivity contribution in [3.8, 4) is 0 Å². The van der Waals surface area contributed by atoms with Gasteiger partial charge in [0, 0.05) is 5.92 Å². The molecule has 2 heteroatoms. The van der Waals surface area contributed by atoms with Gasteiger partial charge in [-0.15, -0.1) is 0 Å². The second-order valence-electron chi connectivity index (χ2n) is 9.65. The summed E-state index contributed by atoms with van der Waals surface area (Å²) < 4.78 is 0. The monoisotopic (exact) mass is 318 g/mol. The fourth-order valence-electron chi connectivity index (χ4n) is 7.73. The van der Waals surface area contributed by atoms with Crippen molar-refractivity contribution in [2.24, 2.45) is 46.8 Å². The Morgan fingerprint density at radius 3 is 2.57 bits per heavy atom. The second-order valence-corrected chi connectivity index (χ2v) is 9.65. The van der Waals surface area contributed by atoms with Crippen LogP contribution in [0.25, 0.3) is 0 Å². The molecule has 1 N–H and O–H groups in total. The van der Waals surface area contributed by atoms with E-state index in [4.69, 9.17) is 0 Å². The molecule has 0 heterocycles. The molecule has 4 fully saturated rings. The van der Waals surface area contributed by atoms with Gasteiger partial charge in [0.05, 0.1) is 0 Å². The smallest absolute Gasteiger partial charge is 0.161 e. The van der Waals surface area contributed by atoms with Crippen LogP contribution >= 0.6 is 0 Å². The average Bonchev–Trinajstić information content (AvgIpc) is 2.90. The highest BCUT2D eigenvalue weighted by Gasteiger charge is 2.58. The zero-order valence-electron chi connectivity index (χ0n) is 15.0. The molecule has 0 aromatic carbocycles. The van der Waals surface area contributed by atoms with Gasteiger partial charge in [0.2, 0.25) is 0 Å². The molecule has 4 aliphatic carbocycles. The predicted molar refractivity (Wildman–Crippen MR) is 91.9 cm³/mol. The van der Waals surface area contributed by atoms with Gasteiger partial charge in [-0.25, -0.2) is 0 Å². The van der Waals surface area contributed by atoms with Crippen LogP contribution in [0.2, 0.25) is 0 Å².